The third kappa shape index (κ3) is 2.50. The number of aromatic amines is 1. The van der Waals surface area contributed by atoms with Crippen LogP contribution in [0.25, 0.3) is 0 Å². The lowest BCUT2D eigenvalue weighted by Crippen LogP contribution is -1.98. The molecule has 0 aliphatic rings. The predicted molar refractivity (Wildman–Crippen MR) is 66.9 cm³/mol. The summed E-state index contributed by atoms with van der Waals surface area (Å²) in [6.07, 6.45) is 4.84. The first-order valence-electron chi connectivity index (χ1n) is 5.59. The van der Waals surface area contributed by atoms with Crippen LogP contribution in [0.15, 0.2) is 17.8 Å². The lowest BCUT2D eigenvalue weighted by molar-refractivity contribution is 0.736. The molecule has 0 bridgehead atoms. The van der Waals surface area contributed by atoms with Crippen LogP contribution in [0, 0.1) is 0 Å². The molecule has 2 rings (SSSR count). The Morgan fingerprint density at radius 2 is 2.19 bits per heavy atom. The van der Waals surface area contributed by atoms with Crippen molar-refractivity contribution in [3.63, 3.8) is 0 Å². The monoisotopic (exact) mass is 235 g/mol. The predicted octanol–water partition coefficient (Wildman–Crippen LogP) is 3.34. The number of hydrogen-bond donors (Lipinski definition) is 1. The molecular formula is C12H17N3S. The Balaban J connectivity index is 2.03. The van der Waals surface area contributed by atoms with E-state index in [1.54, 1.807) is 11.3 Å². The van der Waals surface area contributed by atoms with Gasteiger partial charge in [-0.05, 0) is 17.9 Å². The second-order valence-corrected chi connectivity index (χ2v) is 5.36. The Bertz CT molecular complexity index is 431. The molecule has 0 saturated carbocycles. The van der Waals surface area contributed by atoms with Crippen LogP contribution in [0.2, 0.25) is 0 Å². The highest BCUT2D eigenvalue weighted by molar-refractivity contribution is 7.09. The Morgan fingerprint density at radius 3 is 2.75 bits per heavy atom. The van der Waals surface area contributed by atoms with Gasteiger partial charge in [0.2, 0.25) is 0 Å². The van der Waals surface area contributed by atoms with E-state index in [9.17, 15) is 0 Å². The van der Waals surface area contributed by atoms with Gasteiger partial charge in [-0.2, -0.15) is 5.10 Å². The molecule has 2 aromatic rings. The van der Waals surface area contributed by atoms with E-state index in [1.165, 1.54) is 16.3 Å². The summed E-state index contributed by atoms with van der Waals surface area (Å²) < 4.78 is 0. The minimum absolute atomic E-state index is 0.473. The van der Waals surface area contributed by atoms with E-state index in [-0.39, 0.29) is 0 Å². The van der Waals surface area contributed by atoms with Gasteiger partial charge in [0.1, 0.15) is 0 Å². The molecule has 0 aliphatic carbocycles. The van der Waals surface area contributed by atoms with Gasteiger partial charge in [-0.3, -0.25) is 5.10 Å². The summed E-state index contributed by atoms with van der Waals surface area (Å²) in [7, 11) is 0. The molecule has 3 nitrogen and oxygen atoms in total. The Labute approximate surface area is 99.9 Å². The van der Waals surface area contributed by atoms with Crippen LogP contribution in [-0.4, -0.2) is 15.2 Å². The topological polar surface area (TPSA) is 41.6 Å². The molecule has 2 heterocycles. The summed E-state index contributed by atoms with van der Waals surface area (Å²) in [6.45, 7) is 6.57. The summed E-state index contributed by atoms with van der Waals surface area (Å²) in [5, 5.41) is 10.2. The normalized spacial score (nSPS) is 13.2. The number of hydrogen-bond acceptors (Lipinski definition) is 3. The number of nitrogens with one attached hydrogen (secondary N) is 1. The SMILES string of the molecule is CC(C)c1nc(CC(C)c2cn[nH]c2)cs1. The van der Waals surface area contributed by atoms with Gasteiger partial charge in [-0.15, -0.1) is 11.3 Å². The van der Waals surface area contributed by atoms with Crippen molar-refractivity contribution in [1.29, 1.82) is 0 Å². The lowest BCUT2D eigenvalue weighted by Gasteiger charge is -2.06. The molecule has 0 radical (unpaired) electrons. The van der Waals surface area contributed by atoms with Crippen molar-refractivity contribution in [2.75, 3.05) is 0 Å². The van der Waals surface area contributed by atoms with Gasteiger partial charge < -0.3 is 0 Å². The van der Waals surface area contributed by atoms with Crippen LogP contribution in [0.4, 0.5) is 0 Å². The average molecular weight is 235 g/mol. The zero-order chi connectivity index (χ0) is 11.5. The van der Waals surface area contributed by atoms with Crippen LogP contribution in [0.1, 0.15) is 48.9 Å². The fraction of sp³-hybridized carbons (Fsp3) is 0.500. The minimum Gasteiger partial charge on any atom is -0.285 e. The molecule has 1 unspecified atom stereocenters. The Kier molecular flexibility index (Phi) is 3.39. The van der Waals surface area contributed by atoms with Crippen molar-refractivity contribution >= 4 is 11.3 Å². The first kappa shape index (κ1) is 11.3. The minimum atomic E-state index is 0.473. The molecule has 86 valence electrons. The first-order chi connectivity index (χ1) is 7.66. The van der Waals surface area contributed by atoms with E-state index >= 15 is 0 Å². The Morgan fingerprint density at radius 1 is 1.38 bits per heavy atom. The summed E-state index contributed by atoms with van der Waals surface area (Å²) in [6, 6.07) is 0. The molecule has 0 amide bonds. The summed E-state index contributed by atoms with van der Waals surface area (Å²) in [5.74, 6) is 1.00. The molecule has 0 aliphatic heterocycles. The summed E-state index contributed by atoms with van der Waals surface area (Å²) >= 11 is 1.76. The molecule has 0 fully saturated rings. The highest BCUT2D eigenvalue weighted by Crippen LogP contribution is 2.23. The molecule has 0 saturated heterocycles. The number of H-pyrrole nitrogens is 1. The molecule has 0 aromatic carbocycles. The van der Waals surface area contributed by atoms with Gasteiger partial charge in [0.25, 0.3) is 0 Å². The van der Waals surface area contributed by atoms with Gasteiger partial charge in [-0.1, -0.05) is 20.8 Å². The summed E-state index contributed by atoms with van der Waals surface area (Å²) in [5.41, 5.74) is 2.45. The second-order valence-electron chi connectivity index (χ2n) is 4.47. The molecule has 1 N–H and O–H groups in total. The number of thiazole rings is 1. The van der Waals surface area contributed by atoms with Crippen LogP contribution < -0.4 is 0 Å². The van der Waals surface area contributed by atoms with Gasteiger partial charge in [-0.25, -0.2) is 4.98 Å². The van der Waals surface area contributed by atoms with E-state index < -0.39 is 0 Å². The van der Waals surface area contributed by atoms with Crippen molar-refractivity contribution in [1.82, 2.24) is 15.2 Å². The van der Waals surface area contributed by atoms with E-state index in [2.05, 4.69) is 41.3 Å². The van der Waals surface area contributed by atoms with Crippen molar-refractivity contribution in [3.05, 3.63) is 34.0 Å². The quantitative estimate of drug-likeness (QED) is 0.883. The van der Waals surface area contributed by atoms with Crippen molar-refractivity contribution in [3.8, 4) is 0 Å². The highest BCUT2D eigenvalue weighted by atomic mass is 32.1. The number of rotatable bonds is 4. The fourth-order valence-corrected chi connectivity index (χ4v) is 2.49. The van der Waals surface area contributed by atoms with Crippen LogP contribution in [-0.2, 0) is 6.42 Å². The largest absolute Gasteiger partial charge is 0.285 e. The van der Waals surface area contributed by atoms with Crippen LogP contribution in [0.5, 0.6) is 0 Å². The zero-order valence-corrected chi connectivity index (χ0v) is 10.7. The molecule has 0 spiro atoms. The number of nitrogens with zero attached hydrogens (tertiary/aromatic N) is 2. The molecule has 4 heteroatoms. The molecule has 2 aromatic heterocycles. The van der Waals surface area contributed by atoms with Gasteiger partial charge in [0, 0.05) is 17.5 Å². The summed E-state index contributed by atoms with van der Waals surface area (Å²) in [4.78, 5) is 4.65. The maximum atomic E-state index is 4.65. The maximum absolute atomic E-state index is 4.65. The zero-order valence-electron chi connectivity index (χ0n) is 9.90. The molecule has 1 atom stereocenters. The van der Waals surface area contributed by atoms with Crippen LogP contribution in [0.3, 0.4) is 0 Å². The van der Waals surface area contributed by atoms with E-state index in [4.69, 9.17) is 0 Å². The fourth-order valence-electron chi connectivity index (χ4n) is 1.64. The van der Waals surface area contributed by atoms with Crippen LogP contribution >= 0.6 is 11.3 Å². The first-order valence-corrected chi connectivity index (χ1v) is 6.47. The lowest BCUT2D eigenvalue weighted by atomic mass is 10.00. The van der Waals surface area contributed by atoms with Crippen molar-refractivity contribution in [2.24, 2.45) is 0 Å². The van der Waals surface area contributed by atoms with Gasteiger partial charge in [0.05, 0.1) is 16.9 Å². The highest BCUT2D eigenvalue weighted by Gasteiger charge is 2.11. The van der Waals surface area contributed by atoms with Gasteiger partial charge >= 0.3 is 0 Å². The maximum Gasteiger partial charge on any atom is 0.0953 e. The second kappa shape index (κ2) is 4.78. The third-order valence-electron chi connectivity index (χ3n) is 2.67. The van der Waals surface area contributed by atoms with E-state index in [0.717, 1.165) is 6.42 Å². The van der Waals surface area contributed by atoms with Gasteiger partial charge in [0.15, 0.2) is 0 Å². The number of aromatic nitrogens is 3. The van der Waals surface area contributed by atoms with Crippen molar-refractivity contribution in [2.45, 2.75) is 39.0 Å². The Hall–Kier alpha value is -1.16. The molecule has 16 heavy (non-hydrogen) atoms. The van der Waals surface area contributed by atoms with E-state index in [0.29, 0.717) is 11.8 Å². The third-order valence-corrected chi connectivity index (χ3v) is 3.86. The molecular weight excluding hydrogens is 218 g/mol. The smallest absolute Gasteiger partial charge is 0.0953 e. The standard InChI is InChI=1S/C12H17N3S/c1-8(2)12-15-11(7-16-12)4-9(3)10-5-13-14-6-10/h5-9H,4H2,1-3H3,(H,13,14). The van der Waals surface area contributed by atoms with Crippen molar-refractivity contribution < 1.29 is 0 Å². The van der Waals surface area contributed by atoms with E-state index in [1.807, 2.05) is 12.4 Å². The average Bonchev–Trinajstić information content (AvgIpc) is 2.87.